The zero-order valence-corrected chi connectivity index (χ0v) is 8.23. The number of benzene rings is 1. The maximum atomic E-state index is 12.7. The number of hydrogen-bond acceptors (Lipinski definition) is 3. The first-order valence-corrected chi connectivity index (χ1v) is 4.56. The molecule has 16 heavy (non-hydrogen) atoms. The molecule has 0 bridgehead atoms. The minimum Gasteiger partial charge on any atom is -0.303 e. The highest BCUT2D eigenvalue weighted by Crippen LogP contribution is 2.32. The SMILES string of the molecule is O=CCCc1cccc([N+](=O)[O-])c1C(F)F. The number of nitrogens with zero attached hydrogens (tertiary/aromatic N) is 1. The van der Waals surface area contributed by atoms with Crippen molar-refractivity contribution in [3.8, 4) is 0 Å². The average Bonchev–Trinajstić information content (AvgIpc) is 2.25. The summed E-state index contributed by atoms with van der Waals surface area (Å²) < 4.78 is 25.4. The van der Waals surface area contributed by atoms with Gasteiger partial charge in [-0.05, 0) is 12.0 Å². The van der Waals surface area contributed by atoms with E-state index < -0.39 is 22.6 Å². The van der Waals surface area contributed by atoms with Gasteiger partial charge in [0.05, 0.1) is 10.5 Å². The Morgan fingerprint density at radius 1 is 1.44 bits per heavy atom. The van der Waals surface area contributed by atoms with E-state index >= 15 is 0 Å². The van der Waals surface area contributed by atoms with E-state index in [9.17, 15) is 23.7 Å². The second-order valence-corrected chi connectivity index (χ2v) is 3.11. The Labute approximate surface area is 90.0 Å². The van der Waals surface area contributed by atoms with Crippen molar-refractivity contribution in [3.63, 3.8) is 0 Å². The third-order valence-electron chi connectivity index (χ3n) is 2.12. The largest absolute Gasteiger partial charge is 0.303 e. The Hall–Kier alpha value is -1.85. The third kappa shape index (κ3) is 2.59. The lowest BCUT2D eigenvalue weighted by molar-refractivity contribution is -0.386. The molecule has 0 spiro atoms. The second kappa shape index (κ2) is 5.29. The predicted octanol–water partition coefficient (Wildman–Crippen LogP) is 2.66. The number of nitro benzene ring substituents is 1. The van der Waals surface area contributed by atoms with Crippen molar-refractivity contribution in [2.24, 2.45) is 0 Å². The summed E-state index contributed by atoms with van der Waals surface area (Å²) in [6.07, 6.45) is -2.16. The van der Waals surface area contributed by atoms with Crippen LogP contribution in [0.1, 0.15) is 24.0 Å². The van der Waals surface area contributed by atoms with Gasteiger partial charge in [-0.1, -0.05) is 12.1 Å². The molecule has 86 valence electrons. The Morgan fingerprint density at radius 2 is 2.12 bits per heavy atom. The predicted molar refractivity (Wildman–Crippen MR) is 52.4 cm³/mol. The molecule has 0 N–H and O–H groups in total. The fourth-order valence-corrected chi connectivity index (χ4v) is 1.44. The van der Waals surface area contributed by atoms with Gasteiger partial charge in [-0.25, -0.2) is 8.78 Å². The van der Waals surface area contributed by atoms with Gasteiger partial charge in [0, 0.05) is 12.5 Å². The molecule has 0 aliphatic heterocycles. The van der Waals surface area contributed by atoms with Gasteiger partial charge < -0.3 is 4.79 Å². The Morgan fingerprint density at radius 3 is 2.62 bits per heavy atom. The number of aryl methyl sites for hydroxylation is 1. The number of carbonyl (C=O) groups is 1. The molecule has 1 rings (SSSR count). The fraction of sp³-hybridized carbons (Fsp3) is 0.300. The van der Waals surface area contributed by atoms with E-state index in [-0.39, 0.29) is 18.4 Å². The molecule has 0 amide bonds. The summed E-state index contributed by atoms with van der Waals surface area (Å²) in [5, 5.41) is 10.6. The van der Waals surface area contributed by atoms with Crippen LogP contribution in [-0.4, -0.2) is 11.2 Å². The van der Waals surface area contributed by atoms with Crippen molar-refractivity contribution < 1.29 is 18.5 Å². The second-order valence-electron chi connectivity index (χ2n) is 3.11. The molecule has 0 atom stereocenters. The molecule has 0 aromatic heterocycles. The normalized spacial score (nSPS) is 10.4. The molecule has 0 unspecified atom stereocenters. The van der Waals surface area contributed by atoms with Gasteiger partial charge in [-0.15, -0.1) is 0 Å². The van der Waals surface area contributed by atoms with Crippen LogP contribution in [0.3, 0.4) is 0 Å². The first-order valence-electron chi connectivity index (χ1n) is 4.56. The van der Waals surface area contributed by atoms with E-state index in [0.717, 1.165) is 6.07 Å². The van der Waals surface area contributed by atoms with Crippen molar-refractivity contribution in [2.75, 3.05) is 0 Å². The lowest BCUT2D eigenvalue weighted by Crippen LogP contribution is -2.01. The molecular weight excluding hydrogens is 220 g/mol. The number of halogens is 2. The topological polar surface area (TPSA) is 60.2 Å². The van der Waals surface area contributed by atoms with Crippen LogP contribution in [0.25, 0.3) is 0 Å². The van der Waals surface area contributed by atoms with Gasteiger partial charge in [0.1, 0.15) is 6.29 Å². The molecule has 1 aromatic carbocycles. The molecule has 6 heteroatoms. The minimum atomic E-state index is -2.91. The molecule has 0 fully saturated rings. The van der Waals surface area contributed by atoms with E-state index in [0.29, 0.717) is 6.29 Å². The summed E-state index contributed by atoms with van der Waals surface area (Å²) >= 11 is 0. The molecule has 0 saturated heterocycles. The zero-order chi connectivity index (χ0) is 12.1. The number of aldehydes is 1. The van der Waals surface area contributed by atoms with Gasteiger partial charge in [0.15, 0.2) is 0 Å². The molecule has 0 saturated carbocycles. The maximum Gasteiger partial charge on any atom is 0.278 e. The monoisotopic (exact) mass is 229 g/mol. The van der Waals surface area contributed by atoms with Crippen LogP contribution in [-0.2, 0) is 11.2 Å². The summed E-state index contributed by atoms with van der Waals surface area (Å²) in [5.41, 5.74) is -1.04. The number of carbonyl (C=O) groups excluding carboxylic acids is 1. The summed E-state index contributed by atoms with van der Waals surface area (Å²) in [7, 11) is 0. The molecule has 1 aromatic rings. The van der Waals surface area contributed by atoms with Gasteiger partial charge in [-0.3, -0.25) is 10.1 Å². The molecule has 0 heterocycles. The standard InChI is InChI=1S/C10H9F2NO3/c11-10(12)9-7(4-2-6-14)3-1-5-8(9)13(15)16/h1,3,5-6,10H,2,4H2. The van der Waals surface area contributed by atoms with Crippen LogP contribution in [0.5, 0.6) is 0 Å². The smallest absolute Gasteiger partial charge is 0.278 e. The quantitative estimate of drug-likeness (QED) is 0.443. The van der Waals surface area contributed by atoms with Crippen LogP contribution in [0.2, 0.25) is 0 Å². The summed E-state index contributed by atoms with van der Waals surface area (Å²) in [5.74, 6) is 0. The van der Waals surface area contributed by atoms with E-state index in [4.69, 9.17) is 0 Å². The van der Waals surface area contributed by atoms with Crippen molar-refractivity contribution >= 4 is 12.0 Å². The van der Waals surface area contributed by atoms with E-state index in [1.807, 2.05) is 0 Å². The highest BCUT2D eigenvalue weighted by molar-refractivity contribution is 5.52. The van der Waals surface area contributed by atoms with Crippen molar-refractivity contribution in [2.45, 2.75) is 19.3 Å². The van der Waals surface area contributed by atoms with E-state index in [1.165, 1.54) is 12.1 Å². The minimum absolute atomic E-state index is 0.0703. The fourth-order valence-electron chi connectivity index (χ4n) is 1.44. The zero-order valence-electron chi connectivity index (χ0n) is 8.23. The maximum absolute atomic E-state index is 12.7. The average molecular weight is 229 g/mol. The van der Waals surface area contributed by atoms with Gasteiger partial charge in [0.2, 0.25) is 0 Å². The molecule has 0 aliphatic carbocycles. The molecule has 4 nitrogen and oxygen atoms in total. The van der Waals surface area contributed by atoms with Crippen molar-refractivity contribution in [1.82, 2.24) is 0 Å². The number of hydrogen-bond donors (Lipinski definition) is 0. The number of alkyl halides is 2. The Bertz CT molecular complexity index is 407. The van der Waals surface area contributed by atoms with Crippen LogP contribution >= 0.6 is 0 Å². The van der Waals surface area contributed by atoms with E-state index in [1.54, 1.807) is 0 Å². The van der Waals surface area contributed by atoms with E-state index in [2.05, 4.69) is 0 Å². The van der Waals surface area contributed by atoms with Gasteiger partial charge in [-0.2, -0.15) is 0 Å². The van der Waals surface area contributed by atoms with Crippen LogP contribution < -0.4 is 0 Å². The first-order chi connectivity index (χ1) is 7.57. The number of rotatable bonds is 5. The highest BCUT2D eigenvalue weighted by Gasteiger charge is 2.24. The molecule has 0 radical (unpaired) electrons. The highest BCUT2D eigenvalue weighted by atomic mass is 19.3. The van der Waals surface area contributed by atoms with Crippen molar-refractivity contribution in [3.05, 3.63) is 39.4 Å². The number of nitro groups is 1. The Kier molecular flexibility index (Phi) is 4.04. The molecule has 0 aliphatic rings. The summed E-state index contributed by atoms with van der Waals surface area (Å²) in [6.45, 7) is 0. The van der Waals surface area contributed by atoms with Gasteiger partial charge in [0.25, 0.3) is 12.1 Å². The first kappa shape index (κ1) is 12.2. The lowest BCUT2D eigenvalue weighted by atomic mass is 10.0. The third-order valence-corrected chi connectivity index (χ3v) is 2.12. The van der Waals surface area contributed by atoms with Crippen LogP contribution in [0, 0.1) is 10.1 Å². The van der Waals surface area contributed by atoms with Gasteiger partial charge >= 0.3 is 0 Å². The Balaban J connectivity index is 3.21. The lowest BCUT2D eigenvalue weighted by Gasteiger charge is -2.07. The summed E-state index contributed by atoms with van der Waals surface area (Å²) in [4.78, 5) is 19.9. The van der Waals surface area contributed by atoms with Crippen molar-refractivity contribution in [1.29, 1.82) is 0 Å². The van der Waals surface area contributed by atoms with Crippen LogP contribution in [0.4, 0.5) is 14.5 Å². The summed E-state index contributed by atoms with van der Waals surface area (Å²) in [6, 6.07) is 3.74. The molecular formula is C10H9F2NO3. The van der Waals surface area contributed by atoms with Crippen LogP contribution in [0.15, 0.2) is 18.2 Å².